The third-order valence-corrected chi connectivity index (χ3v) is 4.99. The van der Waals surface area contributed by atoms with E-state index in [4.69, 9.17) is 16.3 Å². The van der Waals surface area contributed by atoms with Crippen LogP contribution in [0.5, 0.6) is 5.75 Å². The minimum Gasteiger partial charge on any atom is -0.485 e. The average molecular weight is 367 g/mol. The molecule has 0 aromatic heterocycles. The fourth-order valence-electron chi connectivity index (χ4n) is 2.77. The normalized spacial score (nSPS) is 20.7. The van der Waals surface area contributed by atoms with Crippen LogP contribution in [0, 0.1) is 0 Å². The van der Waals surface area contributed by atoms with Gasteiger partial charge in [0.05, 0.1) is 5.02 Å². The van der Waals surface area contributed by atoms with Crippen molar-refractivity contribution >= 4 is 27.5 Å². The van der Waals surface area contributed by atoms with Crippen molar-refractivity contribution in [2.24, 2.45) is 0 Å². The van der Waals surface area contributed by atoms with Crippen LogP contribution in [0.1, 0.15) is 36.6 Å². The topological polar surface area (TPSA) is 21.3 Å². The van der Waals surface area contributed by atoms with E-state index in [2.05, 4.69) is 40.3 Å². The molecule has 0 aliphatic carbocycles. The summed E-state index contributed by atoms with van der Waals surface area (Å²) in [5.74, 6) is 0.964. The van der Waals surface area contributed by atoms with Crippen molar-refractivity contribution in [2.75, 3.05) is 6.54 Å². The van der Waals surface area contributed by atoms with E-state index in [1.165, 1.54) is 5.56 Å². The molecule has 1 N–H and O–H groups in total. The molecule has 0 spiro atoms. The van der Waals surface area contributed by atoms with E-state index in [1.807, 2.05) is 30.3 Å². The molecule has 1 aliphatic heterocycles. The Morgan fingerprint density at radius 3 is 2.86 bits per heavy atom. The van der Waals surface area contributed by atoms with E-state index < -0.39 is 0 Å². The van der Waals surface area contributed by atoms with Crippen LogP contribution in [0.2, 0.25) is 5.02 Å². The molecule has 2 aromatic rings. The lowest BCUT2D eigenvalue weighted by Gasteiger charge is -2.33. The van der Waals surface area contributed by atoms with Gasteiger partial charge in [-0.25, -0.2) is 0 Å². The molecule has 2 unspecified atom stereocenters. The summed E-state index contributed by atoms with van der Waals surface area (Å²) in [6, 6.07) is 14.6. The molecule has 0 saturated heterocycles. The molecular weight excluding hydrogens is 350 g/mol. The maximum absolute atomic E-state index is 6.19. The van der Waals surface area contributed by atoms with Crippen LogP contribution in [0.15, 0.2) is 46.9 Å². The molecule has 0 radical (unpaired) electrons. The van der Waals surface area contributed by atoms with Gasteiger partial charge in [-0.15, -0.1) is 0 Å². The van der Waals surface area contributed by atoms with E-state index >= 15 is 0 Å². The molecule has 3 rings (SSSR count). The third-order valence-electron chi connectivity index (χ3n) is 3.78. The Bertz CT molecular complexity index is 646. The monoisotopic (exact) mass is 365 g/mol. The number of ether oxygens (including phenoxy) is 1. The molecule has 110 valence electrons. The molecule has 0 saturated carbocycles. The van der Waals surface area contributed by atoms with Crippen molar-refractivity contribution in [1.29, 1.82) is 0 Å². The van der Waals surface area contributed by atoms with Gasteiger partial charge >= 0.3 is 0 Å². The maximum Gasteiger partial charge on any atom is 0.126 e. The zero-order chi connectivity index (χ0) is 14.8. The minimum atomic E-state index is 0.0394. The van der Waals surface area contributed by atoms with Crippen molar-refractivity contribution in [3.8, 4) is 5.75 Å². The number of para-hydroxylation sites is 1. The Kier molecular flexibility index (Phi) is 4.53. The van der Waals surface area contributed by atoms with E-state index in [0.717, 1.165) is 33.8 Å². The molecule has 4 heteroatoms. The van der Waals surface area contributed by atoms with Crippen LogP contribution in [-0.4, -0.2) is 6.54 Å². The molecule has 0 amide bonds. The lowest BCUT2D eigenvalue weighted by atomic mass is 9.93. The predicted molar refractivity (Wildman–Crippen MR) is 90.0 cm³/mol. The Morgan fingerprint density at radius 2 is 2.10 bits per heavy atom. The van der Waals surface area contributed by atoms with E-state index in [1.54, 1.807) is 0 Å². The van der Waals surface area contributed by atoms with Crippen LogP contribution in [0.4, 0.5) is 0 Å². The number of fused-ring (bicyclic) bond motifs is 1. The van der Waals surface area contributed by atoms with Crippen LogP contribution in [-0.2, 0) is 0 Å². The second-order valence-corrected chi connectivity index (χ2v) is 6.43. The minimum absolute atomic E-state index is 0.0394. The Balaban J connectivity index is 1.93. The molecule has 2 aromatic carbocycles. The van der Waals surface area contributed by atoms with Gasteiger partial charge in [-0.3, -0.25) is 0 Å². The SMILES string of the molecule is CCNC1CC(c2ccc(Cl)c(Br)c2)Oc2ccccc21. The lowest BCUT2D eigenvalue weighted by molar-refractivity contribution is 0.152. The summed E-state index contributed by atoms with van der Waals surface area (Å²) in [6.45, 7) is 3.07. The van der Waals surface area contributed by atoms with Gasteiger partial charge in [0.1, 0.15) is 11.9 Å². The number of rotatable bonds is 3. The number of hydrogen-bond donors (Lipinski definition) is 1. The zero-order valence-corrected chi connectivity index (χ0v) is 14.1. The number of hydrogen-bond acceptors (Lipinski definition) is 2. The molecule has 21 heavy (non-hydrogen) atoms. The van der Waals surface area contributed by atoms with Crippen molar-refractivity contribution < 1.29 is 4.74 Å². The molecule has 2 atom stereocenters. The highest BCUT2D eigenvalue weighted by molar-refractivity contribution is 9.10. The highest BCUT2D eigenvalue weighted by atomic mass is 79.9. The average Bonchev–Trinajstić information content (AvgIpc) is 2.50. The Morgan fingerprint density at radius 1 is 1.29 bits per heavy atom. The van der Waals surface area contributed by atoms with Crippen molar-refractivity contribution in [3.05, 3.63) is 63.1 Å². The highest BCUT2D eigenvalue weighted by Gasteiger charge is 2.28. The second-order valence-electron chi connectivity index (χ2n) is 5.16. The van der Waals surface area contributed by atoms with E-state index in [9.17, 15) is 0 Å². The standard InChI is InChI=1S/C17H17BrClNO/c1-2-20-15-10-17(11-7-8-14(19)13(18)9-11)21-16-6-4-3-5-12(15)16/h3-9,15,17,20H,2,10H2,1H3. The molecule has 1 heterocycles. The smallest absolute Gasteiger partial charge is 0.126 e. The first kappa shape index (κ1) is 14.9. The number of halogens is 2. The first-order valence-electron chi connectivity index (χ1n) is 7.13. The zero-order valence-electron chi connectivity index (χ0n) is 11.8. The summed E-state index contributed by atoms with van der Waals surface area (Å²) >= 11 is 9.57. The Hall–Kier alpha value is -1.03. The summed E-state index contributed by atoms with van der Waals surface area (Å²) in [6.07, 6.45) is 0.955. The quantitative estimate of drug-likeness (QED) is 0.798. The van der Waals surface area contributed by atoms with Gasteiger partial charge in [0.15, 0.2) is 0 Å². The van der Waals surface area contributed by atoms with Crippen molar-refractivity contribution in [1.82, 2.24) is 5.32 Å². The first-order valence-corrected chi connectivity index (χ1v) is 8.30. The Labute approximate surface area is 138 Å². The van der Waals surface area contributed by atoms with Gasteiger partial charge in [0.2, 0.25) is 0 Å². The summed E-state index contributed by atoms with van der Waals surface area (Å²) in [7, 11) is 0. The van der Waals surface area contributed by atoms with Gasteiger partial charge in [-0.05, 0) is 46.2 Å². The number of benzene rings is 2. The van der Waals surface area contributed by atoms with E-state index in [0.29, 0.717) is 6.04 Å². The van der Waals surface area contributed by atoms with Gasteiger partial charge in [0.25, 0.3) is 0 Å². The summed E-state index contributed by atoms with van der Waals surface area (Å²) in [5.41, 5.74) is 2.38. The molecular formula is C17H17BrClNO. The lowest BCUT2D eigenvalue weighted by Crippen LogP contribution is -2.28. The third kappa shape index (κ3) is 3.10. The molecule has 0 bridgehead atoms. The first-order chi connectivity index (χ1) is 10.2. The number of nitrogens with one attached hydrogen (secondary N) is 1. The van der Waals surface area contributed by atoms with Gasteiger partial charge in [0, 0.05) is 22.5 Å². The molecule has 0 fully saturated rings. The van der Waals surface area contributed by atoms with Crippen LogP contribution < -0.4 is 10.1 Å². The van der Waals surface area contributed by atoms with Gasteiger partial charge in [-0.2, -0.15) is 0 Å². The van der Waals surface area contributed by atoms with Crippen LogP contribution >= 0.6 is 27.5 Å². The summed E-state index contributed by atoms with van der Waals surface area (Å²) in [5, 5.41) is 4.27. The largest absolute Gasteiger partial charge is 0.485 e. The summed E-state index contributed by atoms with van der Waals surface area (Å²) in [4.78, 5) is 0. The second kappa shape index (κ2) is 6.39. The van der Waals surface area contributed by atoms with Crippen molar-refractivity contribution in [3.63, 3.8) is 0 Å². The fraction of sp³-hybridized carbons (Fsp3) is 0.294. The van der Waals surface area contributed by atoms with Crippen molar-refractivity contribution in [2.45, 2.75) is 25.5 Å². The predicted octanol–water partition coefficient (Wildman–Crippen LogP) is 5.28. The van der Waals surface area contributed by atoms with Crippen LogP contribution in [0.25, 0.3) is 0 Å². The summed E-state index contributed by atoms with van der Waals surface area (Å²) < 4.78 is 7.09. The highest BCUT2D eigenvalue weighted by Crippen LogP contribution is 2.41. The van der Waals surface area contributed by atoms with Gasteiger partial charge in [-0.1, -0.05) is 42.8 Å². The molecule has 2 nitrogen and oxygen atoms in total. The fourth-order valence-corrected chi connectivity index (χ4v) is 3.29. The maximum atomic E-state index is 6.19. The van der Waals surface area contributed by atoms with E-state index in [-0.39, 0.29) is 6.10 Å². The van der Waals surface area contributed by atoms with Gasteiger partial charge < -0.3 is 10.1 Å². The van der Waals surface area contributed by atoms with Crippen LogP contribution in [0.3, 0.4) is 0 Å². The molecule has 1 aliphatic rings.